The summed E-state index contributed by atoms with van der Waals surface area (Å²) >= 11 is 1.35. The van der Waals surface area contributed by atoms with Crippen LogP contribution >= 0.6 is 11.8 Å². The van der Waals surface area contributed by atoms with Crippen LogP contribution < -0.4 is 29.6 Å². The molecule has 20 heavy (non-hydrogen) atoms. The topological polar surface area (TPSA) is 87.1 Å². The zero-order valence-corrected chi connectivity index (χ0v) is 14.2. The Kier molecular flexibility index (Phi) is 4.88. The Morgan fingerprint density at radius 1 is 1.60 bits per heavy atom. The molecule has 3 aliphatic rings. The van der Waals surface area contributed by atoms with E-state index in [9.17, 15) is 19.8 Å². The predicted octanol–water partition coefficient (Wildman–Crippen LogP) is -2.51. The molecule has 0 aliphatic carbocycles. The van der Waals surface area contributed by atoms with Gasteiger partial charge in [-0.05, 0) is 19.8 Å². The van der Waals surface area contributed by atoms with Gasteiger partial charge in [0, 0.05) is 11.5 Å². The first-order valence-electron chi connectivity index (χ1n) is 6.29. The first-order valence-corrected chi connectivity index (χ1v) is 7.17. The van der Waals surface area contributed by atoms with E-state index in [0.717, 1.165) is 12.8 Å². The number of carboxylic acids is 1. The van der Waals surface area contributed by atoms with E-state index < -0.39 is 18.0 Å². The van der Waals surface area contributed by atoms with Crippen LogP contribution in [0.4, 0.5) is 0 Å². The van der Waals surface area contributed by atoms with E-state index in [1.807, 2.05) is 0 Å². The average Bonchev–Trinajstić information content (AvgIpc) is 2.92. The molecule has 0 saturated carbocycles. The van der Waals surface area contributed by atoms with E-state index in [4.69, 9.17) is 4.74 Å². The number of carbonyl (C=O) groups excluding carboxylic acids is 1. The molecule has 2 saturated heterocycles. The van der Waals surface area contributed by atoms with Gasteiger partial charge in [-0.1, -0.05) is 11.8 Å². The summed E-state index contributed by atoms with van der Waals surface area (Å²) in [7, 11) is 0. The Bertz CT molecular complexity index is 480. The minimum absolute atomic E-state index is 0. The second-order valence-corrected chi connectivity index (χ2v) is 6.16. The number of carboxylic acid groups (broad SMARTS) is 1. The molecule has 3 aliphatic heterocycles. The number of aliphatic hydroxyl groups is 1. The fourth-order valence-electron chi connectivity index (χ4n) is 2.82. The van der Waals surface area contributed by atoms with Crippen molar-refractivity contribution in [3.63, 3.8) is 0 Å². The van der Waals surface area contributed by atoms with Crippen LogP contribution in [0.2, 0.25) is 0 Å². The maximum absolute atomic E-state index is 12.0. The Morgan fingerprint density at radius 2 is 2.30 bits per heavy atom. The molecule has 3 rings (SSSR count). The van der Waals surface area contributed by atoms with Crippen LogP contribution in [0.1, 0.15) is 21.2 Å². The number of thioether (sulfide) groups is 1. The Labute approximate surface area is 144 Å². The normalized spacial score (nSPS) is 33.6. The molecular formula is C12H16NNaO5S. The van der Waals surface area contributed by atoms with Crippen molar-refractivity contribution < 1.29 is 55.5 Å². The standard InChI is InChI=1S/C12H15NO5S.Na.H/c1-5(14)7-10(15)13-8(12(16)17)9(19-11(7)13)6-3-2-4-18-6;;/h5-7,11,14H,2-4H2,1H3,(H,16,17);;/q;+1;-1/t5-,6+,7+,11-;;/m1../s1. The van der Waals surface area contributed by atoms with Crippen molar-refractivity contribution in [1.29, 1.82) is 0 Å². The summed E-state index contributed by atoms with van der Waals surface area (Å²) < 4.78 is 5.53. The Morgan fingerprint density at radius 3 is 2.80 bits per heavy atom. The maximum atomic E-state index is 12.0. The fraction of sp³-hybridized carbons (Fsp3) is 0.667. The van der Waals surface area contributed by atoms with Gasteiger partial charge in [-0.3, -0.25) is 9.69 Å². The number of aliphatic hydroxyl groups excluding tert-OH is 1. The molecule has 2 fully saturated rings. The Balaban J connectivity index is 0.00000110. The average molecular weight is 309 g/mol. The van der Waals surface area contributed by atoms with Gasteiger partial charge >= 0.3 is 35.5 Å². The monoisotopic (exact) mass is 309 g/mol. The second-order valence-electron chi connectivity index (χ2n) is 5.00. The summed E-state index contributed by atoms with van der Waals surface area (Å²) in [5, 5.41) is 18.6. The van der Waals surface area contributed by atoms with Crippen molar-refractivity contribution in [1.82, 2.24) is 4.90 Å². The molecule has 0 bridgehead atoms. The zero-order valence-electron chi connectivity index (χ0n) is 12.4. The molecule has 0 aromatic rings. The molecule has 6 nitrogen and oxygen atoms in total. The molecule has 8 heteroatoms. The molecule has 1 amide bonds. The predicted molar refractivity (Wildman–Crippen MR) is 68.1 cm³/mol. The smallest absolute Gasteiger partial charge is 1.00 e. The third-order valence-corrected chi connectivity index (χ3v) is 5.21. The number of carbonyl (C=O) groups is 2. The van der Waals surface area contributed by atoms with Crippen LogP contribution in [0.15, 0.2) is 10.6 Å². The fourth-order valence-corrected chi connectivity index (χ4v) is 4.52. The first kappa shape index (κ1) is 16.3. The van der Waals surface area contributed by atoms with Crippen molar-refractivity contribution in [2.45, 2.75) is 37.3 Å². The van der Waals surface area contributed by atoms with Gasteiger partial charge < -0.3 is 16.4 Å². The van der Waals surface area contributed by atoms with E-state index in [-0.39, 0.29) is 54.1 Å². The molecule has 2 N–H and O–H groups in total. The van der Waals surface area contributed by atoms with Crippen LogP contribution in [0, 0.1) is 5.92 Å². The van der Waals surface area contributed by atoms with Crippen molar-refractivity contribution in [3.05, 3.63) is 10.6 Å². The van der Waals surface area contributed by atoms with E-state index in [2.05, 4.69) is 0 Å². The van der Waals surface area contributed by atoms with Crippen LogP contribution in [0.5, 0.6) is 0 Å². The SMILES string of the molecule is C[C@@H](O)[C@H]1C(=O)N2C(C(=O)O)=C([C@@H]3CCCO3)S[C@H]12.[H-].[Na+]. The number of aliphatic carboxylic acids is 1. The third kappa shape index (κ3) is 2.34. The maximum Gasteiger partial charge on any atom is 1.00 e. The van der Waals surface area contributed by atoms with E-state index in [0.29, 0.717) is 11.5 Å². The minimum Gasteiger partial charge on any atom is -1.00 e. The summed E-state index contributed by atoms with van der Waals surface area (Å²) in [5.41, 5.74) is 0.0452. The van der Waals surface area contributed by atoms with E-state index in [1.54, 1.807) is 6.92 Å². The zero-order chi connectivity index (χ0) is 13.7. The van der Waals surface area contributed by atoms with Crippen LogP contribution in [0.25, 0.3) is 0 Å². The number of amides is 1. The molecule has 0 aromatic carbocycles. The number of rotatable bonds is 3. The van der Waals surface area contributed by atoms with Gasteiger partial charge in [-0.2, -0.15) is 0 Å². The van der Waals surface area contributed by atoms with Crippen molar-refractivity contribution >= 4 is 23.6 Å². The number of ether oxygens (including phenoxy) is 1. The van der Waals surface area contributed by atoms with Gasteiger partial charge in [-0.15, -0.1) is 0 Å². The molecule has 0 radical (unpaired) electrons. The minimum atomic E-state index is -1.10. The third-order valence-electron chi connectivity index (χ3n) is 3.75. The molecule has 0 unspecified atom stereocenters. The largest absolute Gasteiger partial charge is 1.00 e. The quantitative estimate of drug-likeness (QED) is 0.442. The molecule has 106 valence electrons. The van der Waals surface area contributed by atoms with Gasteiger partial charge in [0.05, 0.1) is 18.1 Å². The van der Waals surface area contributed by atoms with Gasteiger partial charge in [-0.25, -0.2) is 4.79 Å². The Hall–Kier alpha value is -0.0500. The number of hydrogen-bond donors (Lipinski definition) is 2. The van der Waals surface area contributed by atoms with Crippen molar-refractivity contribution in [3.8, 4) is 0 Å². The van der Waals surface area contributed by atoms with Crippen LogP contribution in [0.3, 0.4) is 0 Å². The number of fused-ring (bicyclic) bond motifs is 1. The molecule has 0 aromatic heterocycles. The van der Waals surface area contributed by atoms with Crippen LogP contribution in [-0.4, -0.2) is 51.2 Å². The summed E-state index contributed by atoms with van der Waals surface area (Å²) in [6.07, 6.45) is 0.706. The number of nitrogens with zero attached hydrogens (tertiary/aromatic N) is 1. The van der Waals surface area contributed by atoms with E-state index in [1.165, 1.54) is 16.7 Å². The molecular weight excluding hydrogens is 293 g/mol. The summed E-state index contributed by atoms with van der Waals surface area (Å²) in [6, 6.07) is 0. The van der Waals surface area contributed by atoms with Crippen LogP contribution in [-0.2, 0) is 14.3 Å². The molecule has 0 spiro atoms. The molecule has 4 atom stereocenters. The first-order chi connectivity index (χ1) is 9.02. The second kappa shape index (κ2) is 5.98. The van der Waals surface area contributed by atoms with Crippen molar-refractivity contribution in [2.24, 2.45) is 5.92 Å². The summed E-state index contributed by atoms with van der Waals surface area (Å²) in [6.45, 7) is 2.19. The van der Waals surface area contributed by atoms with Crippen molar-refractivity contribution in [2.75, 3.05) is 6.61 Å². The number of hydrogen-bond acceptors (Lipinski definition) is 5. The van der Waals surface area contributed by atoms with Gasteiger partial charge in [0.2, 0.25) is 5.91 Å². The summed E-state index contributed by atoms with van der Waals surface area (Å²) in [4.78, 5) is 25.3. The molecule has 3 heterocycles. The van der Waals surface area contributed by atoms with Gasteiger partial charge in [0.15, 0.2) is 0 Å². The van der Waals surface area contributed by atoms with Gasteiger partial charge in [0.25, 0.3) is 0 Å². The van der Waals surface area contributed by atoms with Gasteiger partial charge in [0.1, 0.15) is 11.1 Å². The summed E-state index contributed by atoms with van der Waals surface area (Å²) in [5.74, 6) is -1.92. The number of β-lactam (4-membered cyclic amide) rings is 1. The van der Waals surface area contributed by atoms with E-state index >= 15 is 0 Å².